The number of aryl methyl sites for hydroxylation is 1. The van der Waals surface area contributed by atoms with Gasteiger partial charge in [0, 0.05) is 24.5 Å². The predicted molar refractivity (Wildman–Crippen MR) is 82.1 cm³/mol. The van der Waals surface area contributed by atoms with Gasteiger partial charge in [0.15, 0.2) is 0 Å². The number of nitrogens with zero attached hydrogens (tertiary/aromatic N) is 4. The van der Waals surface area contributed by atoms with E-state index in [1.54, 1.807) is 6.33 Å². The van der Waals surface area contributed by atoms with Gasteiger partial charge >= 0.3 is 0 Å². The summed E-state index contributed by atoms with van der Waals surface area (Å²) in [6.45, 7) is 13.8. The molecule has 2 atom stereocenters. The topological polar surface area (TPSA) is 72.0 Å². The van der Waals surface area contributed by atoms with Crippen LogP contribution in [0.1, 0.15) is 46.9 Å². The maximum Gasteiger partial charge on any atom is 0.138 e. The first kappa shape index (κ1) is 17.1. The van der Waals surface area contributed by atoms with Crippen LogP contribution in [0.4, 0.5) is 0 Å². The summed E-state index contributed by atoms with van der Waals surface area (Å²) in [6.07, 6.45) is 3.43. The van der Waals surface area contributed by atoms with Gasteiger partial charge in [0.2, 0.25) is 0 Å². The van der Waals surface area contributed by atoms with Crippen LogP contribution in [0, 0.1) is 0 Å². The molecule has 1 aromatic heterocycles. The molecule has 1 rings (SSSR count). The van der Waals surface area contributed by atoms with Gasteiger partial charge in [-0.3, -0.25) is 20.9 Å². The van der Waals surface area contributed by atoms with Crippen molar-refractivity contribution < 1.29 is 0 Å². The molecule has 0 spiro atoms. The first-order valence-corrected chi connectivity index (χ1v) is 7.65. The third-order valence-corrected chi connectivity index (χ3v) is 4.54. The standard InChI is InChI=1S/C14H30N6/c1-6-14(5,19(7-2)8-3)12(18-15)10-13-16-11-17-20(13)9-4/h11-12,18H,6-10,15H2,1-5H3. The van der Waals surface area contributed by atoms with Gasteiger partial charge in [-0.1, -0.05) is 20.8 Å². The minimum Gasteiger partial charge on any atom is -0.297 e. The zero-order valence-electron chi connectivity index (χ0n) is 13.6. The summed E-state index contributed by atoms with van der Waals surface area (Å²) in [5.41, 5.74) is 3.01. The van der Waals surface area contributed by atoms with Crippen LogP contribution in [0.5, 0.6) is 0 Å². The molecule has 1 heterocycles. The van der Waals surface area contributed by atoms with Gasteiger partial charge in [0.05, 0.1) is 0 Å². The summed E-state index contributed by atoms with van der Waals surface area (Å²) in [7, 11) is 0. The van der Waals surface area contributed by atoms with Crippen molar-refractivity contribution in [3.05, 3.63) is 12.2 Å². The molecule has 0 fully saturated rings. The van der Waals surface area contributed by atoms with E-state index in [2.05, 4.69) is 55.0 Å². The largest absolute Gasteiger partial charge is 0.297 e. The Morgan fingerprint density at radius 3 is 2.45 bits per heavy atom. The van der Waals surface area contributed by atoms with E-state index in [0.29, 0.717) is 0 Å². The average molecular weight is 282 g/mol. The number of nitrogens with one attached hydrogen (secondary N) is 1. The number of nitrogens with two attached hydrogens (primary N) is 1. The highest BCUT2D eigenvalue weighted by atomic mass is 15.3. The molecule has 6 heteroatoms. The summed E-state index contributed by atoms with van der Waals surface area (Å²) in [6, 6.07) is 0.141. The molecular weight excluding hydrogens is 252 g/mol. The summed E-state index contributed by atoms with van der Waals surface area (Å²) in [4.78, 5) is 6.83. The van der Waals surface area contributed by atoms with Gasteiger partial charge in [0.1, 0.15) is 12.2 Å². The molecular formula is C14H30N6. The van der Waals surface area contributed by atoms with Crippen LogP contribution in [0.25, 0.3) is 0 Å². The quantitative estimate of drug-likeness (QED) is 0.526. The van der Waals surface area contributed by atoms with E-state index in [1.807, 2.05) is 4.68 Å². The Bertz CT molecular complexity index is 387. The second kappa shape index (κ2) is 7.71. The van der Waals surface area contributed by atoms with E-state index in [9.17, 15) is 0 Å². The van der Waals surface area contributed by atoms with Crippen LogP contribution < -0.4 is 11.3 Å². The predicted octanol–water partition coefficient (Wildman–Crippen LogP) is 1.18. The maximum absolute atomic E-state index is 5.86. The molecule has 0 aliphatic heterocycles. The van der Waals surface area contributed by atoms with Gasteiger partial charge in [-0.15, -0.1) is 0 Å². The molecule has 0 aliphatic carbocycles. The molecule has 0 aliphatic rings. The number of likely N-dealkylation sites (N-methyl/N-ethyl adjacent to an activating group) is 1. The van der Waals surface area contributed by atoms with Crippen molar-refractivity contribution in [2.75, 3.05) is 13.1 Å². The number of hydrogen-bond acceptors (Lipinski definition) is 5. The van der Waals surface area contributed by atoms with Crippen LogP contribution in [0.3, 0.4) is 0 Å². The smallest absolute Gasteiger partial charge is 0.138 e. The van der Waals surface area contributed by atoms with Crippen molar-refractivity contribution in [2.45, 2.75) is 65.6 Å². The minimum atomic E-state index is 0.00275. The Hall–Kier alpha value is -0.980. The SMILES string of the molecule is CCN(CC)C(C)(CC)C(Cc1ncnn1CC)NN. The van der Waals surface area contributed by atoms with Crippen LogP contribution in [-0.2, 0) is 13.0 Å². The van der Waals surface area contributed by atoms with E-state index in [-0.39, 0.29) is 11.6 Å². The molecule has 0 amide bonds. The molecule has 3 N–H and O–H groups in total. The number of aromatic nitrogens is 3. The lowest BCUT2D eigenvalue weighted by molar-refractivity contribution is 0.0689. The molecule has 6 nitrogen and oxygen atoms in total. The van der Waals surface area contributed by atoms with Crippen molar-refractivity contribution in [3.63, 3.8) is 0 Å². The zero-order chi connectivity index (χ0) is 15.2. The minimum absolute atomic E-state index is 0.00275. The highest BCUT2D eigenvalue weighted by Gasteiger charge is 2.37. The van der Waals surface area contributed by atoms with E-state index < -0.39 is 0 Å². The van der Waals surface area contributed by atoms with Crippen molar-refractivity contribution in [1.29, 1.82) is 0 Å². The van der Waals surface area contributed by atoms with Crippen molar-refractivity contribution >= 4 is 0 Å². The fraction of sp³-hybridized carbons (Fsp3) is 0.857. The van der Waals surface area contributed by atoms with Gasteiger partial charge < -0.3 is 0 Å². The third kappa shape index (κ3) is 3.37. The third-order valence-electron chi connectivity index (χ3n) is 4.54. The second-order valence-corrected chi connectivity index (χ2v) is 5.30. The lowest BCUT2D eigenvalue weighted by atomic mass is 9.85. The molecule has 0 aromatic carbocycles. The molecule has 0 saturated heterocycles. The van der Waals surface area contributed by atoms with Crippen LogP contribution >= 0.6 is 0 Å². The lowest BCUT2D eigenvalue weighted by Gasteiger charge is -2.45. The van der Waals surface area contributed by atoms with Crippen molar-refractivity contribution in [2.24, 2.45) is 5.84 Å². The Labute approximate surface area is 122 Å². The second-order valence-electron chi connectivity index (χ2n) is 5.30. The molecule has 0 radical (unpaired) electrons. The van der Waals surface area contributed by atoms with Gasteiger partial charge in [-0.05, 0) is 33.4 Å². The fourth-order valence-electron chi connectivity index (χ4n) is 2.99. The first-order valence-electron chi connectivity index (χ1n) is 7.65. The van der Waals surface area contributed by atoms with Gasteiger partial charge in [-0.2, -0.15) is 5.10 Å². The monoisotopic (exact) mass is 282 g/mol. The van der Waals surface area contributed by atoms with Crippen LogP contribution in [0.15, 0.2) is 6.33 Å². The molecule has 0 bridgehead atoms. The van der Waals surface area contributed by atoms with Crippen LogP contribution in [0.2, 0.25) is 0 Å². The lowest BCUT2D eigenvalue weighted by Crippen LogP contribution is -2.61. The van der Waals surface area contributed by atoms with E-state index in [1.165, 1.54) is 0 Å². The number of rotatable bonds is 9. The van der Waals surface area contributed by atoms with Crippen molar-refractivity contribution in [1.82, 2.24) is 25.1 Å². The normalized spacial score (nSPS) is 16.4. The van der Waals surface area contributed by atoms with E-state index in [4.69, 9.17) is 5.84 Å². The molecule has 1 aromatic rings. The summed E-state index contributed by atoms with van der Waals surface area (Å²) in [5, 5.41) is 4.24. The Kier molecular flexibility index (Phi) is 6.58. The summed E-state index contributed by atoms with van der Waals surface area (Å²) in [5.74, 6) is 6.84. The fourth-order valence-corrected chi connectivity index (χ4v) is 2.99. The Morgan fingerprint density at radius 1 is 1.35 bits per heavy atom. The highest BCUT2D eigenvalue weighted by molar-refractivity contribution is 5.01. The molecule has 2 unspecified atom stereocenters. The van der Waals surface area contributed by atoms with Crippen molar-refractivity contribution in [3.8, 4) is 0 Å². The molecule has 116 valence electrons. The Balaban J connectivity index is 2.97. The van der Waals surface area contributed by atoms with Gasteiger partial charge in [0.25, 0.3) is 0 Å². The van der Waals surface area contributed by atoms with E-state index in [0.717, 1.165) is 38.3 Å². The number of hydrogen-bond donors (Lipinski definition) is 2. The average Bonchev–Trinajstić information content (AvgIpc) is 2.92. The Morgan fingerprint density at radius 2 is 2.00 bits per heavy atom. The summed E-state index contributed by atoms with van der Waals surface area (Å²) < 4.78 is 1.93. The highest BCUT2D eigenvalue weighted by Crippen LogP contribution is 2.25. The van der Waals surface area contributed by atoms with Crippen LogP contribution in [-0.4, -0.2) is 44.3 Å². The van der Waals surface area contributed by atoms with E-state index >= 15 is 0 Å². The number of hydrazine groups is 1. The molecule has 20 heavy (non-hydrogen) atoms. The first-order chi connectivity index (χ1) is 9.57. The summed E-state index contributed by atoms with van der Waals surface area (Å²) >= 11 is 0. The zero-order valence-corrected chi connectivity index (χ0v) is 13.6. The van der Waals surface area contributed by atoms with Gasteiger partial charge in [-0.25, -0.2) is 4.98 Å². The maximum atomic E-state index is 5.86. The molecule has 0 saturated carbocycles.